The minimum Gasteiger partial charge on any atom is -0.330 e. The zero-order valence-electron chi connectivity index (χ0n) is 11.0. The van der Waals surface area contributed by atoms with Crippen LogP contribution in [0.3, 0.4) is 0 Å². The Kier molecular flexibility index (Phi) is 4.54. The van der Waals surface area contributed by atoms with Crippen LogP contribution in [0.25, 0.3) is 11.1 Å². The maximum absolute atomic E-state index is 5.54. The molecule has 0 aromatic heterocycles. The molecule has 2 aromatic carbocycles. The fraction of sp³-hybridized carbons (Fsp3) is 0.294. The predicted octanol–water partition coefficient (Wildman–Crippen LogP) is 3.94. The zero-order chi connectivity index (χ0) is 12.8. The van der Waals surface area contributed by atoms with Gasteiger partial charge < -0.3 is 5.73 Å². The second kappa shape index (κ2) is 6.36. The monoisotopic (exact) mass is 239 g/mol. The molecule has 1 heteroatoms. The molecule has 0 heterocycles. The fourth-order valence-electron chi connectivity index (χ4n) is 2.23. The molecule has 2 N–H and O–H groups in total. The van der Waals surface area contributed by atoms with E-state index in [4.69, 9.17) is 5.73 Å². The number of aryl methyl sites for hydroxylation is 2. The Labute approximate surface area is 110 Å². The van der Waals surface area contributed by atoms with Crippen molar-refractivity contribution < 1.29 is 0 Å². The molecule has 1 nitrogen and oxygen atoms in total. The Morgan fingerprint density at radius 3 is 2.44 bits per heavy atom. The second-order valence-electron chi connectivity index (χ2n) is 4.76. The summed E-state index contributed by atoms with van der Waals surface area (Å²) in [5.74, 6) is 0. The second-order valence-corrected chi connectivity index (χ2v) is 4.76. The van der Waals surface area contributed by atoms with Gasteiger partial charge in [-0.15, -0.1) is 0 Å². The highest BCUT2D eigenvalue weighted by Gasteiger charge is 2.03. The van der Waals surface area contributed by atoms with E-state index in [1.807, 2.05) is 0 Å². The summed E-state index contributed by atoms with van der Waals surface area (Å²) in [5.41, 5.74) is 10.9. The number of benzene rings is 2. The highest BCUT2D eigenvalue weighted by atomic mass is 14.5. The largest absolute Gasteiger partial charge is 0.330 e. The van der Waals surface area contributed by atoms with Crippen molar-refractivity contribution in [2.75, 3.05) is 6.54 Å². The maximum Gasteiger partial charge on any atom is -0.00772 e. The normalized spacial score (nSPS) is 10.6. The van der Waals surface area contributed by atoms with Crippen molar-refractivity contribution in [3.8, 4) is 11.1 Å². The SMILES string of the molecule is Cc1ccc(CCCCN)cc1-c1ccccc1. The fourth-order valence-corrected chi connectivity index (χ4v) is 2.23. The molecule has 2 aromatic rings. The Morgan fingerprint density at radius 2 is 1.72 bits per heavy atom. The molecule has 0 saturated carbocycles. The van der Waals surface area contributed by atoms with Gasteiger partial charge in [0.25, 0.3) is 0 Å². The third-order valence-corrected chi connectivity index (χ3v) is 3.31. The predicted molar refractivity (Wildman–Crippen MR) is 78.6 cm³/mol. The summed E-state index contributed by atoms with van der Waals surface area (Å²) in [6.45, 7) is 2.96. The first-order valence-corrected chi connectivity index (χ1v) is 6.66. The van der Waals surface area contributed by atoms with Crippen LogP contribution in [0.2, 0.25) is 0 Å². The molecule has 0 amide bonds. The van der Waals surface area contributed by atoms with Gasteiger partial charge in [0.2, 0.25) is 0 Å². The molecule has 0 radical (unpaired) electrons. The molecule has 0 fully saturated rings. The first-order chi connectivity index (χ1) is 8.81. The molecule has 0 saturated heterocycles. The highest BCUT2D eigenvalue weighted by Crippen LogP contribution is 2.24. The topological polar surface area (TPSA) is 26.0 Å². The lowest BCUT2D eigenvalue weighted by molar-refractivity contribution is 0.745. The Morgan fingerprint density at radius 1 is 0.944 bits per heavy atom. The van der Waals surface area contributed by atoms with Crippen LogP contribution in [0.5, 0.6) is 0 Å². The maximum atomic E-state index is 5.54. The van der Waals surface area contributed by atoms with Gasteiger partial charge in [-0.2, -0.15) is 0 Å². The third-order valence-electron chi connectivity index (χ3n) is 3.31. The lowest BCUT2D eigenvalue weighted by Crippen LogP contribution is -1.99. The van der Waals surface area contributed by atoms with Gasteiger partial charge >= 0.3 is 0 Å². The Balaban J connectivity index is 2.22. The Hall–Kier alpha value is -1.60. The summed E-state index contributed by atoms with van der Waals surface area (Å²) in [5, 5.41) is 0. The molecule has 18 heavy (non-hydrogen) atoms. The molecule has 0 aliphatic heterocycles. The molecule has 0 bridgehead atoms. The van der Waals surface area contributed by atoms with E-state index in [-0.39, 0.29) is 0 Å². The standard InChI is InChI=1S/C17H21N/c1-14-10-11-15(7-5-6-12-18)13-17(14)16-8-3-2-4-9-16/h2-4,8-11,13H,5-7,12,18H2,1H3. The van der Waals surface area contributed by atoms with E-state index >= 15 is 0 Å². The van der Waals surface area contributed by atoms with Crippen molar-refractivity contribution >= 4 is 0 Å². The quantitative estimate of drug-likeness (QED) is 0.786. The summed E-state index contributed by atoms with van der Waals surface area (Å²) in [7, 11) is 0. The van der Waals surface area contributed by atoms with Gasteiger partial charge in [0.15, 0.2) is 0 Å². The van der Waals surface area contributed by atoms with Gasteiger partial charge in [-0.3, -0.25) is 0 Å². The van der Waals surface area contributed by atoms with E-state index in [0.29, 0.717) is 0 Å². The minimum atomic E-state index is 0.789. The van der Waals surface area contributed by atoms with Crippen LogP contribution in [0.1, 0.15) is 24.0 Å². The Bertz CT molecular complexity index is 488. The van der Waals surface area contributed by atoms with Crippen LogP contribution in [-0.4, -0.2) is 6.54 Å². The summed E-state index contributed by atoms with van der Waals surface area (Å²) >= 11 is 0. The molecule has 0 atom stereocenters. The van der Waals surface area contributed by atoms with E-state index in [2.05, 4.69) is 55.5 Å². The van der Waals surface area contributed by atoms with Crippen molar-refractivity contribution in [3.63, 3.8) is 0 Å². The van der Waals surface area contributed by atoms with Crippen LogP contribution in [0.15, 0.2) is 48.5 Å². The van der Waals surface area contributed by atoms with E-state index in [9.17, 15) is 0 Å². The van der Waals surface area contributed by atoms with Gasteiger partial charge in [-0.05, 0) is 55.0 Å². The van der Waals surface area contributed by atoms with Gasteiger partial charge in [-0.1, -0.05) is 48.5 Å². The smallest absolute Gasteiger partial charge is 0.00772 e. The number of rotatable bonds is 5. The number of nitrogens with two attached hydrogens (primary N) is 1. The van der Waals surface area contributed by atoms with Gasteiger partial charge in [-0.25, -0.2) is 0 Å². The lowest BCUT2D eigenvalue weighted by atomic mass is 9.96. The van der Waals surface area contributed by atoms with E-state index in [1.165, 1.54) is 28.7 Å². The molecule has 94 valence electrons. The van der Waals surface area contributed by atoms with E-state index in [0.717, 1.165) is 19.4 Å². The first kappa shape index (κ1) is 12.8. The summed E-state index contributed by atoms with van der Waals surface area (Å²) in [6, 6.07) is 17.4. The first-order valence-electron chi connectivity index (χ1n) is 6.66. The van der Waals surface area contributed by atoms with E-state index < -0.39 is 0 Å². The van der Waals surface area contributed by atoms with Gasteiger partial charge in [0.05, 0.1) is 0 Å². The van der Waals surface area contributed by atoms with Crippen LogP contribution in [0, 0.1) is 6.92 Å². The van der Waals surface area contributed by atoms with Gasteiger partial charge in [0.1, 0.15) is 0 Å². The van der Waals surface area contributed by atoms with Crippen LogP contribution in [-0.2, 0) is 6.42 Å². The minimum absolute atomic E-state index is 0.789. The number of hydrogen-bond acceptors (Lipinski definition) is 1. The lowest BCUT2D eigenvalue weighted by Gasteiger charge is -2.09. The third kappa shape index (κ3) is 3.21. The highest BCUT2D eigenvalue weighted by molar-refractivity contribution is 5.67. The van der Waals surface area contributed by atoms with Crippen LogP contribution < -0.4 is 5.73 Å². The molecule has 0 aliphatic rings. The van der Waals surface area contributed by atoms with Crippen LogP contribution in [0.4, 0.5) is 0 Å². The molecule has 0 spiro atoms. The number of hydrogen-bond donors (Lipinski definition) is 1. The van der Waals surface area contributed by atoms with E-state index in [1.54, 1.807) is 0 Å². The van der Waals surface area contributed by atoms with Crippen molar-refractivity contribution in [1.29, 1.82) is 0 Å². The summed E-state index contributed by atoms with van der Waals surface area (Å²) < 4.78 is 0. The van der Waals surface area contributed by atoms with Crippen molar-refractivity contribution in [1.82, 2.24) is 0 Å². The number of unbranched alkanes of at least 4 members (excludes halogenated alkanes) is 1. The zero-order valence-corrected chi connectivity index (χ0v) is 11.0. The average Bonchev–Trinajstić information content (AvgIpc) is 2.42. The van der Waals surface area contributed by atoms with Crippen molar-refractivity contribution in [3.05, 3.63) is 59.7 Å². The average molecular weight is 239 g/mol. The molecular formula is C17H21N. The molecule has 2 rings (SSSR count). The van der Waals surface area contributed by atoms with Crippen molar-refractivity contribution in [2.24, 2.45) is 5.73 Å². The summed E-state index contributed by atoms with van der Waals surface area (Å²) in [4.78, 5) is 0. The van der Waals surface area contributed by atoms with Gasteiger partial charge in [0, 0.05) is 0 Å². The van der Waals surface area contributed by atoms with Crippen molar-refractivity contribution in [2.45, 2.75) is 26.2 Å². The molecule has 0 unspecified atom stereocenters. The molecule has 0 aliphatic carbocycles. The van der Waals surface area contributed by atoms with Crippen LogP contribution >= 0.6 is 0 Å². The summed E-state index contributed by atoms with van der Waals surface area (Å²) in [6.07, 6.45) is 3.40. The molecular weight excluding hydrogens is 218 g/mol.